The predicted molar refractivity (Wildman–Crippen MR) is 316 cm³/mol. The molecule has 392 valence electrons. The highest BCUT2D eigenvalue weighted by Gasteiger charge is 2.67. The summed E-state index contributed by atoms with van der Waals surface area (Å²) in [5.74, 6) is 3.49. The molecular weight excluding hydrogens is 1010 g/mol. The third-order valence-corrected chi connectivity index (χ3v) is 16.5. The van der Waals surface area contributed by atoms with Crippen molar-refractivity contribution in [2.45, 2.75) is 63.6 Å². The van der Waals surface area contributed by atoms with E-state index in [1.807, 2.05) is 158 Å². The highest BCUT2D eigenvalue weighted by atomic mass is 31.2. The van der Waals surface area contributed by atoms with Crippen LogP contribution in [-0.4, -0.2) is 14.2 Å². The lowest BCUT2D eigenvalue weighted by Gasteiger charge is -2.43. The molecule has 0 spiro atoms. The SMILES string of the molecule is COc1cc(-c2cc(OC)cc(C(C)(C)C)c2OP2OC(c3ccccc3)(c3ccccc3)C(c3ccccc3)(c3ccccc3)O2)c(OP(Oc2cccc3ccccc23)Oc2cccc3ccccc23)c(C(C)(C)C)c1. The molecule has 0 radical (unpaired) electrons. The molecule has 0 bridgehead atoms. The molecule has 8 nitrogen and oxygen atoms in total. The fourth-order valence-electron chi connectivity index (χ4n) is 10.5. The summed E-state index contributed by atoms with van der Waals surface area (Å²) in [5.41, 5.74) is 2.99. The van der Waals surface area contributed by atoms with Gasteiger partial charge in [0, 0.05) is 33.0 Å². The van der Waals surface area contributed by atoms with Crippen LogP contribution in [0.3, 0.4) is 0 Å². The van der Waals surface area contributed by atoms with Crippen LogP contribution in [0.25, 0.3) is 32.7 Å². The number of hydrogen-bond donors (Lipinski definition) is 0. The first-order valence-corrected chi connectivity index (χ1v) is 28.3. The number of benzene rings is 10. The van der Waals surface area contributed by atoms with Gasteiger partial charge in [0.15, 0.2) is 11.2 Å². The van der Waals surface area contributed by atoms with E-state index in [-0.39, 0.29) is 0 Å². The Balaban J connectivity index is 1.15. The van der Waals surface area contributed by atoms with E-state index >= 15 is 0 Å². The standard InChI is InChI=1S/C68H62O8P2/c1-65(2,3)59-45-53(69-7)43-57(63(59)73-77(71-61-41-25-29-47-27-21-23-39-55(47)61)72-62-42-26-30-48-28-22-24-40-56(48)62)58-44-54(70-8)46-60(66(4,5)6)64(58)74-78-75-67(49-31-13-9-14-32-49,50-33-15-10-16-34-50)68(76-78,51-35-17-11-18-36-51)52-37-19-12-20-38-52/h9-46H,1-8H3. The van der Waals surface area contributed by atoms with E-state index in [9.17, 15) is 0 Å². The average Bonchev–Trinajstić information content (AvgIpc) is 4.07. The summed E-state index contributed by atoms with van der Waals surface area (Å²) in [7, 11) is -1.21. The van der Waals surface area contributed by atoms with E-state index in [1.165, 1.54) is 0 Å². The first kappa shape index (κ1) is 52.4. The van der Waals surface area contributed by atoms with E-state index in [1.54, 1.807) is 14.2 Å². The summed E-state index contributed by atoms with van der Waals surface area (Å²) in [6.45, 7) is 13.0. The third-order valence-electron chi connectivity index (χ3n) is 14.3. The Morgan fingerprint density at radius 1 is 0.385 bits per heavy atom. The molecule has 0 unspecified atom stereocenters. The van der Waals surface area contributed by atoms with E-state index in [0.29, 0.717) is 45.6 Å². The second-order valence-electron chi connectivity index (χ2n) is 21.4. The maximum Gasteiger partial charge on any atom is 0.530 e. The van der Waals surface area contributed by atoms with Crippen LogP contribution in [0.1, 0.15) is 74.9 Å². The summed E-state index contributed by atoms with van der Waals surface area (Å²) < 4.78 is 57.3. The monoisotopic (exact) mass is 1070 g/mol. The normalized spacial score (nSPS) is 14.3. The quantitative estimate of drug-likeness (QED) is 0.0940. The molecule has 10 aromatic carbocycles. The lowest BCUT2D eigenvalue weighted by molar-refractivity contribution is 0.00370. The Hall–Kier alpha value is -7.70. The number of ether oxygens (including phenoxy) is 2. The lowest BCUT2D eigenvalue weighted by Crippen LogP contribution is -2.48. The summed E-state index contributed by atoms with van der Waals surface area (Å²) in [5, 5.41) is 3.89. The predicted octanol–water partition coefficient (Wildman–Crippen LogP) is 18.6. The Bertz CT molecular complexity index is 3450. The van der Waals surface area contributed by atoms with Crippen molar-refractivity contribution in [1.82, 2.24) is 0 Å². The number of methoxy groups -OCH3 is 2. The maximum atomic E-state index is 7.78. The van der Waals surface area contributed by atoms with Gasteiger partial charge in [-0.15, -0.1) is 0 Å². The van der Waals surface area contributed by atoms with Crippen molar-refractivity contribution in [3.05, 3.63) is 264 Å². The zero-order valence-electron chi connectivity index (χ0n) is 45.1. The van der Waals surface area contributed by atoms with Gasteiger partial charge in [-0.3, -0.25) is 9.05 Å². The minimum atomic E-state index is -2.30. The van der Waals surface area contributed by atoms with E-state index in [4.69, 9.17) is 36.6 Å². The zero-order chi connectivity index (χ0) is 54.1. The van der Waals surface area contributed by atoms with Crippen LogP contribution in [0.15, 0.2) is 231 Å². The van der Waals surface area contributed by atoms with E-state index < -0.39 is 39.2 Å². The number of fused-ring (bicyclic) bond motifs is 2. The zero-order valence-corrected chi connectivity index (χ0v) is 46.9. The van der Waals surface area contributed by atoms with Gasteiger partial charge in [0.2, 0.25) is 0 Å². The van der Waals surface area contributed by atoms with Gasteiger partial charge in [-0.1, -0.05) is 236 Å². The Morgan fingerprint density at radius 3 is 1.12 bits per heavy atom. The topological polar surface area (TPSA) is 73.8 Å². The van der Waals surface area contributed by atoms with Crippen molar-refractivity contribution in [3.63, 3.8) is 0 Å². The highest BCUT2D eigenvalue weighted by molar-refractivity contribution is 7.43. The first-order chi connectivity index (χ1) is 37.8. The maximum absolute atomic E-state index is 7.78. The molecule has 0 aromatic heterocycles. The van der Waals surface area contributed by atoms with Crippen molar-refractivity contribution in [3.8, 4) is 45.6 Å². The molecule has 0 saturated carbocycles. The highest BCUT2D eigenvalue weighted by Crippen LogP contribution is 2.71. The van der Waals surface area contributed by atoms with Crippen molar-refractivity contribution in [2.24, 2.45) is 0 Å². The minimum absolute atomic E-state index is 0.511. The van der Waals surface area contributed by atoms with Gasteiger partial charge in [-0.25, -0.2) is 0 Å². The lowest BCUT2D eigenvalue weighted by atomic mass is 9.66. The van der Waals surface area contributed by atoms with Crippen LogP contribution in [0.4, 0.5) is 0 Å². The van der Waals surface area contributed by atoms with Gasteiger partial charge >= 0.3 is 17.2 Å². The Kier molecular flexibility index (Phi) is 14.5. The minimum Gasteiger partial charge on any atom is -0.497 e. The molecule has 11 rings (SSSR count). The number of rotatable bonds is 15. The summed E-state index contributed by atoms with van der Waals surface area (Å²) >= 11 is 0. The Labute approximate surface area is 460 Å². The average molecular weight is 1070 g/mol. The van der Waals surface area contributed by atoms with Gasteiger partial charge < -0.3 is 27.6 Å². The van der Waals surface area contributed by atoms with Crippen molar-refractivity contribution in [1.29, 1.82) is 0 Å². The van der Waals surface area contributed by atoms with Gasteiger partial charge in [0.25, 0.3) is 0 Å². The third kappa shape index (κ3) is 9.84. The molecule has 78 heavy (non-hydrogen) atoms. The molecule has 1 aliphatic rings. The molecule has 10 heteroatoms. The summed E-state index contributed by atoms with van der Waals surface area (Å²) in [6.07, 6.45) is 0. The molecule has 10 aromatic rings. The number of hydrogen-bond acceptors (Lipinski definition) is 8. The van der Waals surface area contributed by atoms with Crippen LogP contribution in [0, 0.1) is 0 Å². The first-order valence-electron chi connectivity index (χ1n) is 26.1. The van der Waals surface area contributed by atoms with Crippen LogP contribution in [0.5, 0.6) is 34.5 Å². The van der Waals surface area contributed by atoms with Gasteiger partial charge in [0.05, 0.1) is 14.2 Å². The van der Waals surface area contributed by atoms with Gasteiger partial charge in [-0.2, -0.15) is 0 Å². The van der Waals surface area contributed by atoms with Crippen molar-refractivity contribution < 1.29 is 36.6 Å². The van der Waals surface area contributed by atoms with Gasteiger partial charge in [0.1, 0.15) is 34.5 Å². The molecule has 1 aliphatic heterocycles. The molecule has 0 aliphatic carbocycles. The molecular formula is C68H62O8P2. The van der Waals surface area contributed by atoms with Crippen molar-refractivity contribution in [2.75, 3.05) is 14.2 Å². The largest absolute Gasteiger partial charge is 0.530 e. The molecule has 1 saturated heterocycles. The van der Waals surface area contributed by atoms with Crippen LogP contribution in [0.2, 0.25) is 0 Å². The van der Waals surface area contributed by atoms with Crippen molar-refractivity contribution >= 4 is 38.7 Å². The molecule has 0 N–H and O–H groups in total. The molecule has 1 fully saturated rings. The smallest absolute Gasteiger partial charge is 0.497 e. The van der Waals surface area contributed by atoms with E-state index in [2.05, 4.69) is 114 Å². The fraction of sp³-hybridized carbons (Fsp3) is 0.176. The molecule has 0 amide bonds. The second-order valence-corrected chi connectivity index (χ2v) is 23.4. The molecule has 1 heterocycles. The molecule has 0 atom stereocenters. The summed E-state index contributed by atoms with van der Waals surface area (Å²) in [6, 6.07) is 77.7. The van der Waals surface area contributed by atoms with Crippen LogP contribution < -0.4 is 27.6 Å². The van der Waals surface area contributed by atoms with Gasteiger partial charge in [-0.05, 0) is 80.3 Å². The second kappa shape index (κ2) is 21.6. The summed E-state index contributed by atoms with van der Waals surface area (Å²) in [4.78, 5) is 0. The van der Waals surface area contributed by atoms with E-state index in [0.717, 1.165) is 54.9 Å². The van der Waals surface area contributed by atoms with Crippen LogP contribution in [-0.2, 0) is 31.1 Å². The Morgan fingerprint density at radius 2 is 0.731 bits per heavy atom. The fourth-order valence-corrected chi connectivity index (χ4v) is 13.2. The van der Waals surface area contributed by atoms with Crippen LogP contribution >= 0.6 is 17.2 Å².